The molecule has 0 atom stereocenters. The third kappa shape index (κ3) is 3.84. The third-order valence-corrected chi connectivity index (χ3v) is 11.8. The highest BCUT2D eigenvalue weighted by molar-refractivity contribution is 7.26. The molecule has 46 heavy (non-hydrogen) atoms. The summed E-state index contributed by atoms with van der Waals surface area (Å²) in [6.07, 6.45) is 0. The molecule has 2 aromatic heterocycles. The van der Waals surface area contributed by atoms with Crippen LogP contribution in [0.2, 0.25) is 0 Å². The van der Waals surface area contributed by atoms with Crippen LogP contribution in [-0.4, -0.2) is 0 Å². The summed E-state index contributed by atoms with van der Waals surface area (Å²) in [6.45, 7) is 0. The molecule has 8 aromatic carbocycles. The molecule has 10 rings (SSSR count). The summed E-state index contributed by atoms with van der Waals surface area (Å²) in [5, 5.41) is 11.7. The van der Waals surface area contributed by atoms with E-state index in [1.807, 2.05) is 22.7 Å². The lowest BCUT2D eigenvalue weighted by atomic mass is 9.84. The van der Waals surface area contributed by atoms with Crippen LogP contribution in [0.25, 0.3) is 95.3 Å². The molecule has 0 unspecified atom stereocenters. The fraction of sp³-hybridized carbons (Fsp3) is 0. The van der Waals surface area contributed by atoms with Gasteiger partial charge in [0.05, 0.1) is 0 Å². The van der Waals surface area contributed by atoms with E-state index in [9.17, 15) is 0 Å². The minimum absolute atomic E-state index is 1.25. The highest BCUT2D eigenvalue weighted by Crippen LogP contribution is 2.52. The summed E-state index contributed by atoms with van der Waals surface area (Å²) in [7, 11) is 0. The average molecular weight is 619 g/mol. The minimum Gasteiger partial charge on any atom is -0.135 e. The molecule has 0 amide bonds. The number of fused-ring (bicyclic) bond motifs is 7. The van der Waals surface area contributed by atoms with Crippen molar-refractivity contribution in [3.05, 3.63) is 158 Å². The van der Waals surface area contributed by atoms with Gasteiger partial charge in [0.15, 0.2) is 0 Å². The van der Waals surface area contributed by atoms with E-state index in [1.165, 1.54) is 95.3 Å². The fourth-order valence-corrected chi connectivity index (χ4v) is 9.77. The molecule has 0 N–H and O–H groups in total. The zero-order valence-electron chi connectivity index (χ0n) is 24.8. The zero-order chi connectivity index (χ0) is 30.2. The molecule has 2 heterocycles. The van der Waals surface area contributed by atoms with Gasteiger partial charge in [0.2, 0.25) is 0 Å². The molecule has 214 valence electrons. The Morgan fingerprint density at radius 3 is 1.59 bits per heavy atom. The minimum atomic E-state index is 1.25. The van der Waals surface area contributed by atoms with Gasteiger partial charge in [0, 0.05) is 40.7 Å². The van der Waals surface area contributed by atoms with Crippen LogP contribution < -0.4 is 0 Å². The first-order valence-corrected chi connectivity index (χ1v) is 17.3. The standard InChI is InChI=1S/C44H26S2/c1-2-13-28(14-3-1)44-43(37-26-39-36(25-40(37)46-44)31-16-10-11-21-38(31)45-39)42-34-19-8-6-17-32(34)41(33-18-7-9-20-35(33)42)30-23-22-27-12-4-5-15-29(27)24-30/h1-26H. The van der Waals surface area contributed by atoms with Crippen LogP contribution >= 0.6 is 22.7 Å². The van der Waals surface area contributed by atoms with Crippen LogP contribution in [0, 0.1) is 0 Å². The van der Waals surface area contributed by atoms with Gasteiger partial charge in [-0.3, -0.25) is 0 Å². The molecule has 0 spiro atoms. The molecule has 0 radical (unpaired) electrons. The first-order valence-electron chi connectivity index (χ1n) is 15.7. The Morgan fingerprint density at radius 2 is 0.848 bits per heavy atom. The van der Waals surface area contributed by atoms with E-state index in [0.717, 1.165) is 0 Å². The number of benzene rings is 8. The van der Waals surface area contributed by atoms with E-state index in [-0.39, 0.29) is 0 Å². The van der Waals surface area contributed by atoms with Crippen molar-refractivity contribution >= 4 is 85.2 Å². The Labute approximate surface area is 274 Å². The Hall–Kier alpha value is -5.28. The van der Waals surface area contributed by atoms with Crippen molar-refractivity contribution < 1.29 is 0 Å². The van der Waals surface area contributed by atoms with E-state index in [2.05, 4.69) is 158 Å². The predicted octanol–water partition coefficient (Wildman–Crippen LogP) is 13.7. The van der Waals surface area contributed by atoms with E-state index in [1.54, 1.807) is 0 Å². The van der Waals surface area contributed by atoms with Gasteiger partial charge < -0.3 is 0 Å². The predicted molar refractivity (Wildman–Crippen MR) is 204 cm³/mol. The van der Waals surface area contributed by atoms with Gasteiger partial charge in [-0.05, 0) is 78.8 Å². The Kier molecular flexibility index (Phi) is 5.72. The molecule has 0 saturated carbocycles. The normalized spacial score (nSPS) is 11.9. The highest BCUT2D eigenvalue weighted by atomic mass is 32.1. The van der Waals surface area contributed by atoms with Crippen molar-refractivity contribution in [3.8, 4) is 32.7 Å². The molecule has 0 saturated heterocycles. The molecular weight excluding hydrogens is 593 g/mol. The van der Waals surface area contributed by atoms with Gasteiger partial charge in [-0.1, -0.05) is 133 Å². The summed E-state index contributed by atoms with van der Waals surface area (Å²) in [5.74, 6) is 0. The lowest BCUT2D eigenvalue weighted by Crippen LogP contribution is -1.91. The second-order valence-electron chi connectivity index (χ2n) is 12.0. The largest absolute Gasteiger partial charge is 0.135 e. The third-order valence-electron chi connectivity index (χ3n) is 9.44. The maximum atomic E-state index is 2.47. The Bertz CT molecular complexity index is 2740. The maximum absolute atomic E-state index is 2.47. The molecule has 0 bridgehead atoms. The van der Waals surface area contributed by atoms with E-state index in [4.69, 9.17) is 0 Å². The smallest absolute Gasteiger partial charge is 0.0434 e. The average Bonchev–Trinajstić information content (AvgIpc) is 3.67. The van der Waals surface area contributed by atoms with Crippen LogP contribution in [0.15, 0.2) is 158 Å². The quantitative estimate of drug-likeness (QED) is 0.173. The molecule has 10 aromatic rings. The van der Waals surface area contributed by atoms with Gasteiger partial charge in [-0.2, -0.15) is 0 Å². The Balaban J connectivity index is 1.37. The van der Waals surface area contributed by atoms with Crippen molar-refractivity contribution in [2.45, 2.75) is 0 Å². The second-order valence-corrected chi connectivity index (χ2v) is 14.2. The van der Waals surface area contributed by atoms with Gasteiger partial charge in [-0.25, -0.2) is 0 Å². The van der Waals surface area contributed by atoms with Gasteiger partial charge >= 0.3 is 0 Å². The molecule has 2 heteroatoms. The maximum Gasteiger partial charge on any atom is 0.0434 e. The molecule has 0 aliphatic heterocycles. The summed E-state index contributed by atoms with van der Waals surface area (Å²) < 4.78 is 4.01. The van der Waals surface area contributed by atoms with Crippen molar-refractivity contribution in [2.24, 2.45) is 0 Å². The molecule has 0 aliphatic carbocycles. The van der Waals surface area contributed by atoms with Crippen LogP contribution in [-0.2, 0) is 0 Å². The lowest BCUT2D eigenvalue weighted by Gasteiger charge is -2.19. The SMILES string of the molecule is c1ccc(-c2sc3cc4c(cc3c2-c2c3ccccc3c(-c3ccc5ccccc5c3)c3ccccc23)sc2ccccc24)cc1. The van der Waals surface area contributed by atoms with Crippen LogP contribution in [0.3, 0.4) is 0 Å². The first kappa shape index (κ1) is 26.0. The van der Waals surface area contributed by atoms with Gasteiger partial charge in [0.1, 0.15) is 0 Å². The molecule has 0 fully saturated rings. The Morgan fingerprint density at radius 1 is 0.283 bits per heavy atom. The van der Waals surface area contributed by atoms with Crippen molar-refractivity contribution in [1.29, 1.82) is 0 Å². The summed E-state index contributed by atoms with van der Waals surface area (Å²) >= 11 is 3.82. The van der Waals surface area contributed by atoms with E-state index in [0.29, 0.717) is 0 Å². The summed E-state index contributed by atoms with van der Waals surface area (Å²) in [5.41, 5.74) is 6.47. The number of thiophene rings is 2. The monoisotopic (exact) mass is 618 g/mol. The number of rotatable bonds is 3. The molecular formula is C44H26S2. The zero-order valence-corrected chi connectivity index (χ0v) is 26.5. The van der Waals surface area contributed by atoms with Crippen molar-refractivity contribution in [3.63, 3.8) is 0 Å². The van der Waals surface area contributed by atoms with Crippen molar-refractivity contribution in [1.82, 2.24) is 0 Å². The summed E-state index contributed by atoms with van der Waals surface area (Å²) in [6, 6.07) is 58.3. The van der Waals surface area contributed by atoms with Gasteiger partial charge in [-0.15, -0.1) is 22.7 Å². The van der Waals surface area contributed by atoms with Gasteiger partial charge in [0.25, 0.3) is 0 Å². The topological polar surface area (TPSA) is 0 Å². The lowest BCUT2D eigenvalue weighted by molar-refractivity contribution is 1.68. The van der Waals surface area contributed by atoms with Crippen LogP contribution in [0.4, 0.5) is 0 Å². The number of hydrogen-bond donors (Lipinski definition) is 0. The molecule has 0 aliphatic rings. The molecule has 0 nitrogen and oxygen atoms in total. The second kappa shape index (κ2) is 10.1. The van der Waals surface area contributed by atoms with Crippen molar-refractivity contribution in [2.75, 3.05) is 0 Å². The summed E-state index contributed by atoms with van der Waals surface area (Å²) in [4.78, 5) is 1.33. The first-order chi connectivity index (χ1) is 22.8. The fourth-order valence-electron chi connectivity index (χ4n) is 7.41. The van der Waals surface area contributed by atoms with E-state index < -0.39 is 0 Å². The highest BCUT2D eigenvalue weighted by Gasteiger charge is 2.23. The van der Waals surface area contributed by atoms with Crippen LogP contribution in [0.5, 0.6) is 0 Å². The number of hydrogen-bond acceptors (Lipinski definition) is 2. The van der Waals surface area contributed by atoms with Crippen LogP contribution in [0.1, 0.15) is 0 Å². The van der Waals surface area contributed by atoms with E-state index >= 15 is 0 Å².